The van der Waals surface area contributed by atoms with Crippen molar-refractivity contribution in [2.75, 3.05) is 16.4 Å². The van der Waals surface area contributed by atoms with E-state index >= 15 is 0 Å². The van der Waals surface area contributed by atoms with E-state index in [-0.39, 0.29) is 17.5 Å². The van der Waals surface area contributed by atoms with E-state index in [9.17, 15) is 9.59 Å². The van der Waals surface area contributed by atoms with Gasteiger partial charge in [0.2, 0.25) is 0 Å². The van der Waals surface area contributed by atoms with E-state index in [0.29, 0.717) is 28.0 Å². The number of aromatic nitrogens is 3. The van der Waals surface area contributed by atoms with Gasteiger partial charge < -0.3 is 16.4 Å². The molecule has 0 aliphatic carbocycles. The Kier molecular flexibility index (Phi) is 5.59. The number of benzene rings is 2. The monoisotopic (exact) mass is 428 g/mol. The zero-order valence-electron chi connectivity index (χ0n) is 18.1. The summed E-state index contributed by atoms with van der Waals surface area (Å²) < 4.78 is 1.66. The zero-order valence-corrected chi connectivity index (χ0v) is 18.1. The van der Waals surface area contributed by atoms with Gasteiger partial charge in [0.25, 0.3) is 0 Å². The Balaban J connectivity index is 1.62. The molecule has 0 atom stereocenters. The fourth-order valence-electron chi connectivity index (χ4n) is 3.57. The predicted octanol–water partition coefficient (Wildman–Crippen LogP) is 4.62. The zero-order chi connectivity index (χ0) is 22.8. The third-order valence-electron chi connectivity index (χ3n) is 5.22. The van der Waals surface area contributed by atoms with Crippen LogP contribution in [0.5, 0.6) is 0 Å². The predicted molar refractivity (Wildman–Crippen MR) is 125 cm³/mol. The van der Waals surface area contributed by atoms with Gasteiger partial charge in [-0.05, 0) is 42.7 Å². The van der Waals surface area contributed by atoms with Crippen LogP contribution < -0.4 is 16.4 Å². The molecule has 2 aromatic carbocycles. The summed E-state index contributed by atoms with van der Waals surface area (Å²) in [6, 6.07) is 15.7. The van der Waals surface area contributed by atoms with Crippen LogP contribution >= 0.6 is 0 Å². The molecule has 4 aromatic rings. The van der Waals surface area contributed by atoms with E-state index in [2.05, 4.69) is 20.7 Å². The topological polar surface area (TPSA) is 114 Å². The molecule has 0 fully saturated rings. The molecule has 2 aromatic heterocycles. The summed E-state index contributed by atoms with van der Waals surface area (Å²) in [5.41, 5.74) is 10.4. The molecule has 0 saturated carbocycles. The van der Waals surface area contributed by atoms with Crippen molar-refractivity contribution in [1.29, 1.82) is 0 Å². The Hall–Kier alpha value is -4.20. The number of aryl methyl sites for hydroxylation is 1. The molecule has 8 nitrogen and oxygen atoms in total. The average molecular weight is 428 g/mol. The van der Waals surface area contributed by atoms with Crippen molar-refractivity contribution < 1.29 is 9.59 Å². The Labute approximate surface area is 185 Å². The molecule has 2 amide bonds. The first-order valence-electron chi connectivity index (χ1n) is 10.3. The minimum atomic E-state index is -0.391. The third kappa shape index (κ3) is 4.02. The Bertz CT molecular complexity index is 1330. The molecule has 162 valence electrons. The van der Waals surface area contributed by atoms with Crippen LogP contribution in [0.3, 0.4) is 0 Å². The number of hydrogen-bond donors (Lipinski definition) is 3. The van der Waals surface area contributed by atoms with Crippen LogP contribution in [-0.2, 0) is 0 Å². The number of hydrogen-bond acceptors (Lipinski definition) is 5. The number of carbonyl (C=O) groups excluding carboxylic acids is 2. The summed E-state index contributed by atoms with van der Waals surface area (Å²) >= 11 is 0. The lowest BCUT2D eigenvalue weighted by atomic mass is 10.0. The van der Waals surface area contributed by atoms with Crippen LogP contribution in [0.15, 0.2) is 60.9 Å². The van der Waals surface area contributed by atoms with Crippen molar-refractivity contribution in [2.45, 2.75) is 26.7 Å². The van der Waals surface area contributed by atoms with E-state index in [0.717, 1.165) is 11.3 Å². The highest BCUT2D eigenvalue weighted by molar-refractivity contribution is 6.15. The van der Waals surface area contributed by atoms with Crippen LogP contribution in [0.25, 0.3) is 5.52 Å². The Morgan fingerprint density at radius 1 is 1.03 bits per heavy atom. The summed E-state index contributed by atoms with van der Waals surface area (Å²) in [6.07, 6.45) is 1.38. The van der Waals surface area contributed by atoms with Gasteiger partial charge in [-0.25, -0.2) is 14.3 Å². The first-order valence-corrected chi connectivity index (χ1v) is 10.3. The molecule has 8 heteroatoms. The number of urea groups is 1. The molecule has 32 heavy (non-hydrogen) atoms. The minimum absolute atomic E-state index is 0.136. The second kappa shape index (κ2) is 8.50. The molecule has 0 spiro atoms. The summed E-state index contributed by atoms with van der Waals surface area (Å²) in [5, 5.41) is 9.87. The number of ketones is 1. The van der Waals surface area contributed by atoms with Crippen molar-refractivity contribution in [2.24, 2.45) is 0 Å². The highest BCUT2D eigenvalue weighted by Crippen LogP contribution is 2.27. The molecular weight excluding hydrogens is 404 g/mol. The van der Waals surface area contributed by atoms with Crippen molar-refractivity contribution in [1.82, 2.24) is 14.6 Å². The van der Waals surface area contributed by atoms with Crippen LogP contribution in [0.1, 0.15) is 46.9 Å². The number of carbonyl (C=O) groups is 2. The lowest BCUT2D eigenvalue weighted by molar-refractivity contribution is 0.104. The lowest BCUT2D eigenvalue weighted by Crippen LogP contribution is -2.20. The number of fused-ring (bicyclic) bond motifs is 1. The van der Waals surface area contributed by atoms with Gasteiger partial charge in [0.1, 0.15) is 11.8 Å². The number of nitrogens with two attached hydrogens (primary N) is 1. The normalized spacial score (nSPS) is 11.0. The van der Waals surface area contributed by atoms with Gasteiger partial charge in [0.15, 0.2) is 11.6 Å². The van der Waals surface area contributed by atoms with Gasteiger partial charge in [0.05, 0.1) is 5.56 Å². The molecule has 0 saturated heterocycles. The summed E-state index contributed by atoms with van der Waals surface area (Å²) in [4.78, 5) is 29.9. The van der Waals surface area contributed by atoms with Gasteiger partial charge in [-0.15, -0.1) is 0 Å². The second-order valence-electron chi connectivity index (χ2n) is 7.85. The van der Waals surface area contributed by atoms with Gasteiger partial charge in [-0.3, -0.25) is 4.79 Å². The highest BCUT2D eigenvalue weighted by Gasteiger charge is 2.22. The molecule has 4 rings (SSSR count). The largest absolute Gasteiger partial charge is 0.382 e. The smallest absolute Gasteiger partial charge is 0.323 e. The molecule has 0 radical (unpaired) electrons. The fourth-order valence-corrected chi connectivity index (χ4v) is 3.57. The number of rotatable bonds is 5. The number of nitrogens with zero attached hydrogens (tertiary/aromatic N) is 3. The maximum Gasteiger partial charge on any atom is 0.323 e. The van der Waals surface area contributed by atoms with E-state index < -0.39 is 6.03 Å². The van der Waals surface area contributed by atoms with E-state index in [4.69, 9.17) is 5.73 Å². The van der Waals surface area contributed by atoms with E-state index in [1.54, 1.807) is 34.8 Å². The number of anilines is 3. The summed E-state index contributed by atoms with van der Waals surface area (Å²) in [5.74, 6) is 0.150. The van der Waals surface area contributed by atoms with Crippen LogP contribution in [0.2, 0.25) is 0 Å². The first-order chi connectivity index (χ1) is 15.3. The molecule has 0 aliphatic rings. The van der Waals surface area contributed by atoms with Gasteiger partial charge in [0, 0.05) is 22.6 Å². The number of para-hydroxylation sites is 1. The Morgan fingerprint density at radius 2 is 1.81 bits per heavy atom. The number of amides is 2. The molecule has 0 aliphatic heterocycles. The van der Waals surface area contributed by atoms with Crippen LogP contribution in [0.4, 0.5) is 22.0 Å². The number of nitrogens with one attached hydrogen (secondary N) is 2. The molecular formula is C24H24N6O2. The van der Waals surface area contributed by atoms with Crippen molar-refractivity contribution in [3.05, 3.63) is 83.3 Å². The van der Waals surface area contributed by atoms with Gasteiger partial charge in [-0.2, -0.15) is 5.10 Å². The van der Waals surface area contributed by atoms with Crippen LogP contribution in [0, 0.1) is 6.92 Å². The SMILES string of the molecule is Cc1ccccc1NC(=O)Nc1cccc(C(=O)c2cc(C(C)C)n3ncnc(N)c23)c1. The maximum atomic E-state index is 13.4. The summed E-state index contributed by atoms with van der Waals surface area (Å²) in [7, 11) is 0. The van der Waals surface area contributed by atoms with E-state index in [1.165, 1.54) is 6.33 Å². The van der Waals surface area contributed by atoms with Gasteiger partial charge in [-0.1, -0.05) is 44.2 Å². The van der Waals surface area contributed by atoms with Crippen molar-refractivity contribution in [3.8, 4) is 0 Å². The highest BCUT2D eigenvalue weighted by atomic mass is 16.2. The molecule has 4 N–H and O–H groups in total. The molecule has 0 bridgehead atoms. The third-order valence-corrected chi connectivity index (χ3v) is 5.22. The first kappa shape index (κ1) is 21.0. The fraction of sp³-hybridized carbons (Fsp3) is 0.167. The quantitative estimate of drug-likeness (QED) is 0.401. The lowest BCUT2D eigenvalue weighted by Gasteiger charge is -2.10. The molecule has 0 unspecified atom stereocenters. The molecule has 2 heterocycles. The Morgan fingerprint density at radius 3 is 2.56 bits per heavy atom. The van der Waals surface area contributed by atoms with Crippen molar-refractivity contribution in [3.63, 3.8) is 0 Å². The second-order valence-corrected chi connectivity index (χ2v) is 7.85. The van der Waals surface area contributed by atoms with E-state index in [1.807, 2.05) is 45.0 Å². The van der Waals surface area contributed by atoms with Gasteiger partial charge >= 0.3 is 6.03 Å². The standard InChI is InChI=1S/C24H24N6O2/c1-14(2)20-12-18(21-23(25)26-13-27-30(20)21)22(31)16-8-6-9-17(11-16)28-24(32)29-19-10-5-4-7-15(19)3/h4-14H,1-3H3,(H2,25,26,27)(H2,28,29,32). The number of nitrogen functional groups attached to an aromatic ring is 1. The average Bonchev–Trinajstić information content (AvgIpc) is 3.16. The minimum Gasteiger partial charge on any atom is -0.382 e. The summed E-state index contributed by atoms with van der Waals surface area (Å²) in [6.45, 7) is 5.95. The van der Waals surface area contributed by atoms with Crippen LogP contribution in [-0.4, -0.2) is 26.4 Å². The maximum absolute atomic E-state index is 13.4. The van der Waals surface area contributed by atoms with Crippen molar-refractivity contribution >= 4 is 34.5 Å².